The van der Waals surface area contributed by atoms with Gasteiger partial charge in [-0.25, -0.2) is 4.79 Å². The van der Waals surface area contributed by atoms with Crippen LogP contribution in [0, 0.1) is 0 Å². The fourth-order valence-electron chi connectivity index (χ4n) is 2.82. The molecule has 0 bridgehead atoms. The van der Waals surface area contributed by atoms with E-state index in [1.165, 1.54) is 5.56 Å². The van der Waals surface area contributed by atoms with E-state index in [-0.39, 0.29) is 12.1 Å². The Hall–Kier alpha value is -1.91. The zero-order valence-corrected chi connectivity index (χ0v) is 13.9. The Morgan fingerprint density at radius 3 is 2.32 bits per heavy atom. The third kappa shape index (κ3) is 3.46. The number of urea groups is 1. The van der Waals surface area contributed by atoms with Crippen molar-refractivity contribution >= 4 is 6.03 Å². The molecule has 5 nitrogen and oxygen atoms in total. The van der Waals surface area contributed by atoms with Crippen molar-refractivity contribution in [2.75, 3.05) is 20.8 Å². The predicted molar refractivity (Wildman–Crippen MR) is 86.6 cm³/mol. The van der Waals surface area contributed by atoms with E-state index in [0.717, 1.165) is 37.1 Å². The van der Waals surface area contributed by atoms with Gasteiger partial charge < -0.3 is 19.7 Å². The minimum Gasteiger partial charge on any atom is -0.493 e. The summed E-state index contributed by atoms with van der Waals surface area (Å²) in [4.78, 5) is 14.2. The van der Waals surface area contributed by atoms with Gasteiger partial charge in [-0.3, -0.25) is 0 Å². The van der Waals surface area contributed by atoms with Gasteiger partial charge in [-0.05, 0) is 42.5 Å². The summed E-state index contributed by atoms with van der Waals surface area (Å²) in [5, 5.41) is 3.10. The summed E-state index contributed by atoms with van der Waals surface area (Å²) < 4.78 is 10.7. The van der Waals surface area contributed by atoms with E-state index >= 15 is 0 Å². The molecule has 22 heavy (non-hydrogen) atoms. The van der Waals surface area contributed by atoms with E-state index in [0.29, 0.717) is 12.3 Å². The number of nitrogens with one attached hydrogen (secondary N) is 1. The number of amides is 2. The van der Waals surface area contributed by atoms with Gasteiger partial charge in [0.15, 0.2) is 11.5 Å². The SMILES string of the molecule is CCC(CC)NC(=O)N1CCc2cc(OC)c(OC)cc2C1. The van der Waals surface area contributed by atoms with Crippen molar-refractivity contribution in [1.29, 1.82) is 0 Å². The predicted octanol–water partition coefficient (Wildman–Crippen LogP) is 2.96. The molecule has 0 aliphatic carbocycles. The maximum Gasteiger partial charge on any atom is 0.317 e. The molecule has 0 spiro atoms. The average Bonchev–Trinajstić information content (AvgIpc) is 2.57. The third-order valence-corrected chi connectivity index (χ3v) is 4.32. The Labute approximate surface area is 132 Å². The fourth-order valence-corrected chi connectivity index (χ4v) is 2.82. The van der Waals surface area contributed by atoms with Crippen LogP contribution >= 0.6 is 0 Å². The number of methoxy groups -OCH3 is 2. The van der Waals surface area contributed by atoms with Crippen molar-refractivity contribution < 1.29 is 14.3 Å². The van der Waals surface area contributed by atoms with Crippen LogP contribution in [0.25, 0.3) is 0 Å². The van der Waals surface area contributed by atoms with Gasteiger partial charge in [0.05, 0.1) is 14.2 Å². The number of hydrogen-bond donors (Lipinski definition) is 1. The largest absolute Gasteiger partial charge is 0.493 e. The molecule has 0 unspecified atom stereocenters. The van der Waals surface area contributed by atoms with Crippen LogP contribution in [0.4, 0.5) is 4.79 Å². The topological polar surface area (TPSA) is 50.8 Å². The van der Waals surface area contributed by atoms with Crippen molar-refractivity contribution in [3.8, 4) is 11.5 Å². The van der Waals surface area contributed by atoms with Gasteiger partial charge in [0, 0.05) is 19.1 Å². The lowest BCUT2D eigenvalue weighted by Crippen LogP contribution is -2.46. The number of rotatable bonds is 5. The van der Waals surface area contributed by atoms with Gasteiger partial charge >= 0.3 is 6.03 Å². The second kappa shape index (κ2) is 7.38. The van der Waals surface area contributed by atoms with Crippen molar-refractivity contribution in [3.63, 3.8) is 0 Å². The molecule has 2 amide bonds. The molecule has 1 aromatic carbocycles. The Balaban J connectivity index is 2.12. The molecule has 0 atom stereocenters. The van der Waals surface area contributed by atoms with Crippen LogP contribution in [0.1, 0.15) is 37.8 Å². The number of carbonyl (C=O) groups is 1. The second-order valence-electron chi connectivity index (χ2n) is 5.61. The second-order valence-corrected chi connectivity index (χ2v) is 5.61. The molecule has 0 saturated heterocycles. The molecule has 5 heteroatoms. The van der Waals surface area contributed by atoms with Crippen LogP contribution in [0.2, 0.25) is 0 Å². The minimum atomic E-state index is 0.0223. The smallest absolute Gasteiger partial charge is 0.317 e. The minimum absolute atomic E-state index is 0.0223. The lowest BCUT2D eigenvalue weighted by Gasteiger charge is -2.31. The average molecular weight is 306 g/mol. The first kappa shape index (κ1) is 16.5. The summed E-state index contributed by atoms with van der Waals surface area (Å²) in [5.41, 5.74) is 2.35. The molecule has 1 aliphatic rings. The van der Waals surface area contributed by atoms with E-state index in [4.69, 9.17) is 9.47 Å². The first-order chi connectivity index (χ1) is 10.6. The molecule has 1 aliphatic heterocycles. The highest BCUT2D eigenvalue weighted by Gasteiger charge is 2.23. The summed E-state index contributed by atoms with van der Waals surface area (Å²) in [7, 11) is 3.27. The van der Waals surface area contributed by atoms with Gasteiger partial charge in [-0.1, -0.05) is 13.8 Å². The summed E-state index contributed by atoms with van der Waals surface area (Å²) in [6.07, 6.45) is 2.75. The van der Waals surface area contributed by atoms with Crippen molar-refractivity contribution in [2.45, 2.75) is 45.7 Å². The normalized spacial score (nSPS) is 13.8. The van der Waals surface area contributed by atoms with Crippen molar-refractivity contribution in [1.82, 2.24) is 10.2 Å². The molecule has 1 N–H and O–H groups in total. The van der Waals surface area contributed by atoms with Gasteiger partial charge in [-0.15, -0.1) is 0 Å². The number of carbonyl (C=O) groups excluding carboxylic acids is 1. The quantitative estimate of drug-likeness (QED) is 0.910. The van der Waals surface area contributed by atoms with Gasteiger partial charge in [-0.2, -0.15) is 0 Å². The molecule has 0 aromatic heterocycles. The molecule has 0 fully saturated rings. The van der Waals surface area contributed by atoms with Crippen LogP contribution in [0.15, 0.2) is 12.1 Å². The summed E-state index contributed by atoms with van der Waals surface area (Å²) in [6.45, 7) is 5.53. The molecule has 1 aromatic rings. The first-order valence-electron chi connectivity index (χ1n) is 7.92. The summed E-state index contributed by atoms with van der Waals surface area (Å²) in [5.74, 6) is 1.46. The molecule has 0 radical (unpaired) electrons. The molecular formula is C17H26N2O3. The van der Waals surface area contributed by atoms with E-state index < -0.39 is 0 Å². The molecule has 122 valence electrons. The Bertz CT molecular complexity index is 527. The van der Waals surface area contributed by atoms with Gasteiger partial charge in [0.25, 0.3) is 0 Å². The van der Waals surface area contributed by atoms with E-state index in [1.807, 2.05) is 17.0 Å². The monoisotopic (exact) mass is 306 g/mol. The number of hydrogen-bond acceptors (Lipinski definition) is 3. The van der Waals surface area contributed by atoms with Crippen LogP contribution in [0.3, 0.4) is 0 Å². The lowest BCUT2D eigenvalue weighted by molar-refractivity contribution is 0.187. The third-order valence-electron chi connectivity index (χ3n) is 4.32. The number of nitrogens with zero attached hydrogens (tertiary/aromatic N) is 1. The zero-order chi connectivity index (χ0) is 16.1. The van der Waals surface area contributed by atoms with Crippen LogP contribution < -0.4 is 14.8 Å². The maximum absolute atomic E-state index is 12.4. The first-order valence-corrected chi connectivity index (χ1v) is 7.92. The van der Waals surface area contributed by atoms with Crippen molar-refractivity contribution in [2.24, 2.45) is 0 Å². The zero-order valence-electron chi connectivity index (χ0n) is 13.9. The maximum atomic E-state index is 12.4. The Morgan fingerprint density at radius 1 is 1.18 bits per heavy atom. The van der Waals surface area contributed by atoms with Crippen LogP contribution in [0.5, 0.6) is 11.5 Å². The standard InChI is InChI=1S/C17H26N2O3/c1-5-14(6-2)18-17(20)19-8-7-12-9-15(21-3)16(22-4)10-13(12)11-19/h9-10,14H,5-8,11H2,1-4H3,(H,18,20). The molecular weight excluding hydrogens is 280 g/mol. The Kier molecular flexibility index (Phi) is 5.52. The van der Waals surface area contributed by atoms with Gasteiger partial charge in [0.2, 0.25) is 0 Å². The van der Waals surface area contributed by atoms with E-state index in [9.17, 15) is 4.79 Å². The van der Waals surface area contributed by atoms with Crippen molar-refractivity contribution in [3.05, 3.63) is 23.3 Å². The lowest BCUT2D eigenvalue weighted by atomic mass is 9.99. The Morgan fingerprint density at radius 2 is 1.77 bits per heavy atom. The van der Waals surface area contributed by atoms with Crippen LogP contribution in [-0.2, 0) is 13.0 Å². The number of benzene rings is 1. The molecule has 0 saturated carbocycles. The fraction of sp³-hybridized carbons (Fsp3) is 0.588. The number of ether oxygens (including phenoxy) is 2. The highest BCUT2D eigenvalue weighted by molar-refractivity contribution is 5.75. The number of fused-ring (bicyclic) bond motifs is 1. The molecule has 1 heterocycles. The molecule has 2 rings (SSSR count). The van der Waals surface area contributed by atoms with Gasteiger partial charge in [0.1, 0.15) is 0 Å². The van der Waals surface area contributed by atoms with Crippen LogP contribution in [-0.4, -0.2) is 37.7 Å². The highest BCUT2D eigenvalue weighted by atomic mass is 16.5. The van der Waals surface area contributed by atoms with E-state index in [2.05, 4.69) is 19.2 Å². The van der Waals surface area contributed by atoms with E-state index in [1.54, 1.807) is 14.2 Å². The highest BCUT2D eigenvalue weighted by Crippen LogP contribution is 2.33. The summed E-state index contributed by atoms with van der Waals surface area (Å²) in [6, 6.07) is 4.27. The summed E-state index contributed by atoms with van der Waals surface area (Å²) >= 11 is 0.